The standard InChI is InChI=1S/C18H17FN2O/c19-14-6-7-15-17(8-10-20-18(15)12-14)21-16(9-11-22)13-4-2-1-3-5-13/h1-8,10,12,16,22H,9,11H2,(H,20,21)/t16-/m1/s1. The van der Waals surface area contributed by atoms with Crippen molar-refractivity contribution < 1.29 is 9.50 Å². The molecule has 112 valence electrons. The third kappa shape index (κ3) is 3.07. The van der Waals surface area contributed by atoms with Gasteiger partial charge in [-0.25, -0.2) is 4.39 Å². The molecule has 3 aromatic rings. The Morgan fingerprint density at radius 3 is 2.68 bits per heavy atom. The number of aliphatic hydroxyl groups is 1. The molecule has 2 aromatic carbocycles. The van der Waals surface area contributed by atoms with E-state index in [-0.39, 0.29) is 18.5 Å². The minimum absolute atomic E-state index is 0.0122. The molecule has 0 aliphatic heterocycles. The van der Waals surface area contributed by atoms with Crippen molar-refractivity contribution in [3.8, 4) is 0 Å². The first-order valence-corrected chi connectivity index (χ1v) is 7.24. The van der Waals surface area contributed by atoms with Crippen molar-refractivity contribution in [2.75, 3.05) is 11.9 Å². The maximum Gasteiger partial charge on any atom is 0.125 e. The maximum absolute atomic E-state index is 13.3. The fourth-order valence-electron chi connectivity index (χ4n) is 2.57. The molecule has 22 heavy (non-hydrogen) atoms. The van der Waals surface area contributed by atoms with Crippen molar-refractivity contribution in [2.45, 2.75) is 12.5 Å². The largest absolute Gasteiger partial charge is 0.396 e. The van der Waals surface area contributed by atoms with E-state index in [0.717, 1.165) is 16.6 Å². The summed E-state index contributed by atoms with van der Waals surface area (Å²) in [6.45, 7) is 0.0875. The number of pyridine rings is 1. The number of nitrogens with zero attached hydrogens (tertiary/aromatic N) is 1. The number of aliphatic hydroxyl groups excluding tert-OH is 1. The molecule has 0 aliphatic rings. The zero-order valence-electron chi connectivity index (χ0n) is 12.0. The molecule has 1 aromatic heterocycles. The van der Waals surface area contributed by atoms with Gasteiger partial charge in [0.05, 0.1) is 11.6 Å². The predicted octanol–water partition coefficient (Wildman–Crippen LogP) is 3.91. The number of aromatic nitrogens is 1. The summed E-state index contributed by atoms with van der Waals surface area (Å²) in [6, 6.07) is 16.4. The molecule has 0 spiro atoms. The normalized spacial score (nSPS) is 12.3. The molecule has 3 nitrogen and oxygen atoms in total. The molecule has 2 N–H and O–H groups in total. The number of nitrogens with one attached hydrogen (secondary N) is 1. The number of hydrogen-bond acceptors (Lipinski definition) is 3. The van der Waals surface area contributed by atoms with Crippen LogP contribution in [0.5, 0.6) is 0 Å². The molecule has 0 amide bonds. The minimum atomic E-state index is -0.299. The Hall–Kier alpha value is -2.46. The molecule has 1 atom stereocenters. The molecule has 4 heteroatoms. The van der Waals surface area contributed by atoms with E-state index in [1.165, 1.54) is 12.1 Å². The quantitative estimate of drug-likeness (QED) is 0.750. The van der Waals surface area contributed by atoms with Gasteiger partial charge in [0.15, 0.2) is 0 Å². The van der Waals surface area contributed by atoms with Gasteiger partial charge >= 0.3 is 0 Å². The van der Waals surface area contributed by atoms with Crippen LogP contribution in [0.1, 0.15) is 18.0 Å². The van der Waals surface area contributed by atoms with E-state index in [9.17, 15) is 9.50 Å². The number of rotatable bonds is 5. The Morgan fingerprint density at radius 1 is 1.09 bits per heavy atom. The molecule has 0 bridgehead atoms. The van der Waals surface area contributed by atoms with Crippen LogP contribution in [0.4, 0.5) is 10.1 Å². The summed E-state index contributed by atoms with van der Waals surface area (Å²) in [5, 5.41) is 13.6. The van der Waals surface area contributed by atoms with Crippen LogP contribution in [0, 0.1) is 5.82 Å². The number of fused-ring (bicyclic) bond motifs is 1. The predicted molar refractivity (Wildman–Crippen MR) is 86.2 cm³/mol. The molecule has 3 rings (SSSR count). The molecular formula is C18H17FN2O. The summed E-state index contributed by atoms with van der Waals surface area (Å²) in [5.74, 6) is -0.299. The minimum Gasteiger partial charge on any atom is -0.396 e. The van der Waals surface area contributed by atoms with Gasteiger partial charge < -0.3 is 10.4 Å². The smallest absolute Gasteiger partial charge is 0.125 e. The molecule has 1 heterocycles. The van der Waals surface area contributed by atoms with Crippen LogP contribution >= 0.6 is 0 Å². The van der Waals surface area contributed by atoms with Crippen LogP contribution in [0.3, 0.4) is 0 Å². The molecule has 0 radical (unpaired) electrons. The van der Waals surface area contributed by atoms with Crippen LogP contribution in [-0.2, 0) is 0 Å². The van der Waals surface area contributed by atoms with Crippen LogP contribution in [-0.4, -0.2) is 16.7 Å². The van der Waals surface area contributed by atoms with E-state index in [0.29, 0.717) is 11.9 Å². The lowest BCUT2D eigenvalue weighted by atomic mass is 10.0. The Kier molecular flexibility index (Phi) is 4.30. The lowest BCUT2D eigenvalue weighted by molar-refractivity contribution is 0.280. The van der Waals surface area contributed by atoms with Crippen molar-refractivity contribution in [3.63, 3.8) is 0 Å². The Labute approximate surface area is 128 Å². The number of halogens is 1. The SMILES string of the molecule is OCC[C@@H](Nc1ccnc2cc(F)ccc12)c1ccccc1. The highest BCUT2D eigenvalue weighted by Gasteiger charge is 2.12. The summed E-state index contributed by atoms with van der Waals surface area (Å²) in [7, 11) is 0. The Balaban J connectivity index is 1.96. The molecule has 0 unspecified atom stereocenters. The summed E-state index contributed by atoms with van der Waals surface area (Å²) in [6.07, 6.45) is 2.25. The van der Waals surface area contributed by atoms with Gasteiger partial charge in [0.2, 0.25) is 0 Å². The van der Waals surface area contributed by atoms with Crippen molar-refractivity contribution >= 4 is 16.6 Å². The summed E-state index contributed by atoms with van der Waals surface area (Å²) in [4.78, 5) is 4.20. The van der Waals surface area contributed by atoms with E-state index in [1.54, 1.807) is 12.3 Å². The first kappa shape index (κ1) is 14.5. The van der Waals surface area contributed by atoms with Crippen LogP contribution < -0.4 is 5.32 Å². The average molecular weight is 296 g/mol. The lowest BCUT2D eigenvalue weighted by Crippen LogP contribution is -2.12. The van der Waals surface area contributed by atoms with Gasteiger partial charge in [-0.3, -0.25) is 4.98 Å². The molecule has 0 saturated carbocycles. The monoisotopic (exact) mass is 296 g/mol. The summed E-state index contributed by atoms with van der Waals surface area (Å²) >= 11 is 0. The third-order valence-electron chi connectivity index (χ3n) is 3.65. The fourth-order valence-corrected chi connectivity index (χ4v) is 2.57. The number of hydrogen-bond donors (Lipinski definition) is 2. The third-order valence-corrected chi connectivity index (χ3v) is 3.65. The van der Waals surface area contributed by atoms with E-state index < -0.39 is 0 Å². The van der Waals surface area contributed by atoms with Crippen molar-refractivity contribution in [2.24, 2.45) is 0 Å². The maximum atomic E-state index is 13.3. The topological polar surface area (TPSA) is 45.1 Å². The van der Waals surface area contributed by atoms with Crippen LogP contribution in [0.25, 0.3) is 10.9 Å². The van der Waals surface area contributed by atoms with Gasteiger partial charge in [0, 0.05) is 29.9 Å². The first-order valence-electron chi connectivity index (χ1n) is 7.24. The first-order chi connectivity index (χ1) is 10.8. The zero-order valence-corrected chi connectivity index (χ0v) is 12.0. The molecular weight excluding hydrogens is 279 g/mol. The Morgan fingerprint density at radius 2 is 1.91 bits per heavy atom. The summed E-state index contributed by atoms with van der Waals surface area (Å²) in [5.41, 5.74) is 2.59. The van der Waals surface area contributed by atoms with Gasteiger partial charge in [-0.15, -0.1) is 0 Å². The highest BCUT2D eigenvalue weighted by molar-refractivity contribution is 5.91. The van der Waals surface area contributed by atoms with E-state index >= 15 is 0 Å². The highest BCUT2D eigenvalue weighted by atomic mass is 19.1. The van der Waals surface area contributed by atoms with Gasteiger partial charge in [-0.1, -0.05) is 30.3 Å². The average Bonchev–Trinajstić information content (AvgIpc) is 2.55. The fraction of sp³-hybridized carbons (Fsp3) is 0.167. The second kappa shape index (κ2) is 6.54. The number of anilines is 1. The zero-order chi connectivity index (χ0) is 15.4. The molecule has 0 saturated heterocycles. The molecule has 0 fully saturated rings. The number of benzene rings is 2. The van der Waals surface area contributed by atoms with Crippen molar-refractivity contribution in [1.82, 2.24) is 4.98 Å². The van der Waals surface area contributed by atoms with Crippen molar-refractivity contribution in [3.05, 3.63) is 72.2 Å². The van der Waals surface area contributed by atoms with Gasteiger partial charge in [0.25, 0.3) is 0 Å². The van der Waals surface area contributed by atoms with Crippen molar-refractivity contribution in [1.29, 1.82) is 0 Å². The van der Waals surface area contributed by atoms with E-state index in [4.69, 9.17) is 0 Å². The van der Waals surface area contributed by atoms with Crippen LogP contribution in [0.2, 0.25) is 0 Å². The summed E-state index contributed by atoms with van der Waals surface area (Å²) < 4.78 is 13.3. The Bertz CT molecular complexity index is 761. The van der Waals surface area contributed by atoms with E-state index in [1.807, 2.05) is 36.4 Å². The van der Waals surface area contributed by atoms with Gasteiger partial charge in [-0.2, -0.15) is 0 Å². The van der Waals surface area contributed by atoms with E-state index in [2.05, 4.69) is 10.3 Å². The molecule has 0 aliphatic carbocycles. The van der Waals surface area contributed by atoms with Crippen LogP contribution in [0.15, 0.2) is 60.8 Å². The second-order valence-corrected chi connectivity index (χ2v) is 5.14. The van der Waals surface area contributed by atoms with Gasteiger partial charge in [-0.05, 0) is 30.2 Å². The highest BCUT2D eigenvalue weighted by Crippen LogP contribution is 2.28. The second-order valence-electron chi connectivity index (χ2n) is 5.14. The lowest BCUT2D eigenvalue weighted by Gasteiger charge is -2.20. The van der Waals surface area contributed by atoms with Gasteiger partial charge in [0.1, 0.15) is 5.82 Å².